The van der Waals surface area contributed by atoms with Gasteiger partial charge >= 0.3 is 0 Å². The van der Waals surface area contributed by atoms with E-state index in [9.17, 15) is 10.1 Å². The van der Waals surface area contributed by atoms with E-state index in [0.29, 0.717) is 39.1 Å². The van der Waals surface area contributed by atoms with Crippen molar-refractivity contribution in [2.45, 2.75) is 82.3 Å². The topological polar surface area (TPSA) is 92.6 Å². The second-order valence-corrected chi connectivity index (χ2v) is 13.9. The molecule has 2 saturated heterocycles. The second-order valence-electron chi connectivity index (χ2n) is 13.1. The first-order valence-corrected chi connectivity index (χ1v) is 16.0. The summed E-state index contributed by atoms with van der Waals surface area (Å²) >= 11 is 12.4. The minimum Gasteiger partial charge on any atom is -0.377 e. The highest BCUT2D eigenvalue weighted by Gasteiger charge is 2.61. The SMILES string of the molecule is CC1(C)OC[C@H](CCNC(=O)[C@@H]2N[C@@H](CC(C)(C)C3=CCOCC3)[C@](C#N)(c3ccc(Cl)cc3F)[C@H]2c2cccc(Cl)c2F)O1. The van der Waals surface area contributed by atoms with Crippen LogP contribution in [0.2, 0.25) is 10.0 Å². The van der Waals surface area contributed by atoms with Crippen molar-refractivity contribution in [1.29, 1.82) is 5.26 Å². The van der Waals surface area contributed by atoms with Gasteiger partial charge in [0.2, 0.25) is 5.91 Å². The van der Waals surface area contributed by atoms with Gasteiger partial charge in [-0.25, -0.2) is 8.78 Å². The average molecular weight is 663 g/mol. The number of nitriles is 1. The molecule has 0 radical (unpaired) electrons. The Morgan fingerprint density at radius 3 is 2.64 bits per heavy atom. The third-order valence-corrected chi connectivity index (χ3v) is 9.82. The smallest absolute Gasteiger partial charge is 0.237 e. The van der Waals surface area contributed by atoms with E-state index in [4.69, 9.17) is 37.4 Å². The van der Waals surface area contributed by atoms with Gasteiger partial charge in [0.05, 0.1) is 43.1 Å². The predicted molar refractivity (Wildman–Crippen MR) is 168 cm³/mol. The molecule has 3 heterocycles. The minimum atomic E-state index is -1.72. The summed E-state index contributed by atoms with van der Waals surface area (Å²) in [5.74, 6) is -3.77. The number of hydrogen-bond acceptors (Lipinski definition) is 6. The molecule has 5 atom stereocenters. The van der Waals surface area contributed by atoms with Crippen molar-refractivity contribution < 1.29 is 27.8 Å². The molecule has 7 nitrogen and oxygen atoms in total. The van der Waals surface area contributed by atoms with Gasteiger partial charge in [0.25, 0.3) is 0 Å². The van der Waals surface area contributed by atoms with Gasteiger partial charge in [-0.1, -0.05) is 66.9 Å². The number of benzene rings is 2. The Bertz CT molecular complexity index is 1510. The van der Waals surface area contributed by atoms with Crippen molar-refractivity contribution in [3.63, 3.8) is 0 Å². The van der Waals surface area contributed by atoms with Crippen molar-refractivity contribution in [3.8, 4) is 6.07 Å². The highest BCUT2D eigenvalue weighted by molar-refractivity contribution is 6.31. The fraction of sp³-hybridized carbons (Fsp3) is 0.529. The summed E-state index contributed by atoms with van der Waals surface area (Å²) in [5.41, 5.74) is -0.980. The molecule has 1 amide bonds. The van der Waals surface area contributed by atoms with Gasteiger partial charge in [-0.3, -0.25) is 4.79 Å². The number of carbonyl (C=O) groups excluding carboxylic acids is 1. The summed E-state index contributed by atoms with van der Waals surface area (Å²) in [4.78, 5) is 14.1. The lowest BCUT2D eigenvalue weighted by atomic mass is 9.61. The summed E-state index contributed by atoms with van der Waals surface area (Å²) in [7, 11) is 0. The number of rotatable bonds is 9. The largest absolute Gasteiger partial charge is 0.377 e. The van der Waals surface area contributed by atoms with Crippen molar-refractivity contribution in [2.75, 3.05) is 26.4 Å². The van der Waals surface area contributed by atoms with E-state index >= 15 is 8.78 Å². The van der Waals surface area contributed by atoms with E-state index in [1.165, 1.54) is 24.3 Å². The molecule has 2 aromatic rings. The molecule has 0 unspecified atom stereocenters. The molecule has 3 aliphatic heterocycles. The molecule has 2 N–H and O–H groups in total. The molecule has 0 aliphatic carbocycles. The maximum absolute atomic E-state index is 16.0. The molecule has 242 valence electrons. The van der Waals surface area contributed by atoms with Crippen LogP contribution in [-0.2, 0) is 24.4 Å². The maximum atomic E-state index is 16.0. The normalized spacial score (nSPS) is 28.0. The van der Waals surface area contributed by atoms with E-state index < -0.39 is 52.2 Å². The zero-order valence-corrected chi connectivity index (χ0v) is 27.4. The first-order valence-electron chi connectivity index (χ1n) is 15.2. The van der Waals surface area contributed by atoms with Gasteiger partial charge in [0.15, 0.2) is 5.79 Å². The summed E-state index contributed by atoms with van der Waals surface area (Å²) in [6, 6.07) is 9.12. The fourth-order valence-electron chi connectivity index (χ4n) is 7.10. The second kappa shape index (κ2) is 13.3. The van der Waals surface area contributed by atoms with Gasteiger partial charge in [0.1, 0.15) is 17.0 Å². The Balaban J connectivity index is 1.59. The third kappa shape index (κ3) is 6.78. The number of nitrogens with one attached hydrogen (secondary N) is 2. The zero-order valence-electron chi connectivity index (χ0n) is 25.9. The number of halogens is 4. The van der Waals surface area contributed by atoms with Crippen LogP contribution in [0, 0.1) is 28.4 Å². The highest BCUT2D eigenvalue weighted by atomic mass is 35.5. The number of amides is 1. The first-order chi connectivity index (χ1) is 21.3. The van der Waals surface area contributed by atoms with E-state index in [0.717, 1.165) is 11.6 Å². The van der Waals surface area contributed by atoms with Gasteiger partial charge < -0.3 is 24.8 Å². The van der Waals surface area contributed by atoms with Crippen LogP contribution in [0.25, 0.3) is 0 Å². The Morgan fingerprint density at radius 2 is 2.00 bits per heavy atom. The lowest BCUT2D eigenvalue weighted by Gasteiger charge is -2.39. The Hall–Kier alpha value is -2.58. The van der Waals surface area contributed by atoms with Crippen molar-refractivity contribution in [3.05, 3.63) is 80.9 Å². The minimum absolute atomic E-state index is 0.0297. The van der Waals surface area contributed by atoms with Crippen LogP contribution in [0.1, 0.15) is 64.0 Å². The fourth-order valence-corrected chi connectivity index (χ4v) is 7.44. The van der Waals surface area contributed by atoms with Crippen LogP contribution < -0.4 is 10.6 Å². The summed E-state index contributed by atoms with van der Waals surface area (Å²) in [5, 5.41) is 17.5. The van der Waals surface area contributed by atoms with Crippen LogP contribution in [0.4, 0.5) is 8.78 Å². The summed E-state index contributed by atoms with van der Waals surface area (Å²) in [6.45, 7) is 9.45. The Labute approximate surface area is 273 Å². The average Bonchev–Trinajstić information content (AvgIpc) is 3.51. The van der Waals surface area contributed by atoms with E-state index in [1.54, 1.807) is 6.07 Å². The van der Waals surface area contributed by atoms with E-state index in [2.05, 4.69) is 30.6 Å². The third-order valence-electron chi connectivity index (χ3n) is 9.29. The standard InChI is InChI=1S/C34H39Cl2F2N3O4/c1-32(2,20-11-14-43-15-12-20)17-27-34(19-39,24-9-8-21(35)16-26(24)37)28(23-6-5-7-25(36)29(23)38)30(41-27)31(42)40-13-10-22-18-44-33(3,4)45-22/h5-9,11,16,22,27-28,30,41H,10,12-15,17-18H2,1-4H3,(H,40,42)/t22-,27-,28-,30+,34-/m0/s1. The summed E-state index contributed by atoms with van der Waals surface area (Å²) < 4.78 is 49.0. The number of carbonyl (C=O) groups is 1. The maximum Gasteiger partial charge on any atom is 0.237 e. The first kappa shape index (κ1) is 33.8. The van der Waals surface area contributed by atoms with Gasteiger partial charge in [-0.15, -0.1) is 0 Å². The van der Waals surface area contributed by atoms with E-state index in [1.807, 2.05) is 19.9 Å². The molecule has 0 aromatic heterocycles. The molecular formula is C34H39Cl2F2N3O4. The lowest BCUT2D eigenvalue weighted by Crippen LogP contribution is -2.46. The predicted octanol–water partition coefficient (Wildman–Crippen LogP) is 6.58. The molecular weight excluding hydrogens is 623 g/mol. The van der Waals surface area contributed by atoms with Crippen LogP contribution in [0.3, 0.4) is 0 Å². The monoisotopic (exact) mass is 661 g/mol. The van der Waals surface area contributed by atoms with Gasteiger partial charge in [-0.05, 0) is 62.3 Å². The number of hydrogen-bond donors (Lipinski definition) is 2. The lowest BCUT2D eigenvalue weighted by molar-refractivity contribution is -0.138. The van der Waals surface area contributed by atoms with Crippen molar-refractivity contribution in [1.82, 2.24) is 10.6 Å². The number of ether oxygens (including phenoxy) is 3. The quantitative estimate of drug-likeness (QED) is 0.295. The Kier molecular flexibility index (Phi) is 9.96. The van der Waals surface area contributed by atoms with Gasteiger partial charge in [0, 0.05) is 29.1 Å². The molecule has 0 spiro atoms. The molecule has 5 rings (SSSR count). The van der Waals surface area contributed by atoms with Crippen LogP contribution in [-0.4, -0.2) is 56.2 Å². The van der Waals surface area contributed by atoms with E-state index in [-0.39, 0.29) is 33.8 Å². The molecule has 11 heteroatoms. The number of nitrogens with zero attached hydrogens (tertiary/aromatic N) is 1. The highest BCUT2D eigenvalue weighted by Crippen LogP contribution is 2.53. The molecule has 45 heavy (non-hydrogen) atoms. The Morgan fingerprint density at radius 1 is 1.22 bits per heavy atom. The van der Waals surface area contributed by atoms with Gasteiger partial charge in [-0.2, -0.15) is 5.26 Å². The molecule has 0 bridgehead atoms. The van der Waals surface area contributed by atoms with Crippen LogP contribution in [0.15, 0.2) is 48.0 Å². The molecule has 2 fully saturated rings. The summed E-state index contributed by atoms with van der Waals surface area (Å²) in [6.07, 6.45) is 3.36. The zero-order chi connectivity index (χ0) is 32.6. The molecule has 3 aliphatic rings. The van der Waals surface area contributed by atoms with Crippen LogP contribution in [0.5, 0.6) is 0 Å². The van der Waals surface area contributed by atoms with Crippen molar-refractivity contribution in [2.24, 2.45) is 5.41 Å². The molecule has 0 saturated carbocycles. The van der Waals surface area contributed by atoms with Crippen LogP contribution >= 0.6 is 23.2 Å². The molecule has 2 aromatic carbocycles. The van der Waals surface area contributed by atoms with Crippen molar-refractivity contribution >= 4 is 29.1 Å².